The van der Waals surface area contributed by atoms with E-state index in [1.165, 1.54) is 5.56 Å². The van der Waals surface area contributed by atoms with Crippen LogP contribution in [0.15, 0.2) is 36.4 Å². The zero-order chi connectivity index (χ0) is 17.5. The number of hydrogen-bond donors (Lipinski definition) is 1. The zero-order valence-electron chi connectivity index (χ0n) is 13.4. The third kappa shape index (κ3) is 4.03. The first-order valence-electron chi connectivity index (χ1n) is 7.39. The summed E-state index contributed by atoms with van der Waals surface area (Å²) in [6.45, 7) is 2.50. The van der Waals surface area contributed by atoms with Gasteiger partial charge in [0.15, 0.2) is 11.5 Å². The van der Waals surface area contributed by atoms with Gasteiger partial charge in [-0.3, -0.25) is 0 Å². The summed E-state index contributed by atoms with van der Waals surface area (Å²) < 4.78 is 16.5. The van der Waals surface area contributed by atoms with Gasteiger partial charge in [0, 0.05) is 0 Å². The fourth-order valence-corrected chi connectivity index (χ4v) is 2.41. The average Bonchev–Trinajstić information content (AvgIpc) is 2.96. The van der Waals surface area contributed by atoms with Crippen LogP contribution in [-0.2, 0) is 27.3 Å². The van der Waals surface area contributed by atoms with Gasteiger partial charge in [-0.2, -0.15) is 9.59 Å². The van der Waals surface area contributed by atoms with Gasteiger partial charge in [-0.25, -0.2) is 0 Å². The molecule has 2 aromatic rings. The van der Waals surface area contributed by atoms with E-state index in [9.17, 15) is 5.02 Å². The minimum atomic E-state index is -0.826. The molecule has 1 aliphatic rings. The molecule has 0 aliphatic carbocycles. The Hall–Kier alpha value is -2.60. The number of carbonyl (C=O) groups excluding carboxylic acids is 2. The van der Waals surface area contributed by atoms with Crippen molar-refractivity contribution in [3.8, 4) is 17.2 Å². The first-order valence-corrected chi connectivity index (χ1v) is 7.39. The number of hydrogen-bond acceptors (Lipinski definition) is 6. The van der Waals surface area contributed by atoms with Crippen molar-refractivity contribution in [1.82, 2.24) is 0 Å². The highest BCUT2D eigenvalue weighted by molar-refractivity contribution is 6.61. The van der Waals surface area contributed by atoms with Crippen LogP contribution in [0, 0.1) is 0 Å². The van der Waals surface area contributed by atoms with Crippen LogP contribution in [0.1, 0.15) is 18.1 Å². The van der Waals surface area contributed by atoms with Crippen molar-refractivity contribution in [3.05, 3.63) is 47.5 Å². The second kappa shape index (κ2) is 8.31. The van der Waals surface area contributed by atoms with E-state index in [0.29, 0.717) is 23.9 Å². The molecule has 24 heavy (non-hydrogen) atoms. The number of rotatable bonds is 4. The molecule has 0 atom stereocenters. The van der Waals surface area contributed by atoms with Crippen LogP contribution < -0.4 is 14.9 Å². The summed E-state index contributed by atoms with van der Waals surface area (Å²) in [6, 6.07) is 11.5. The van der Waals surface area contributed by atoms with Crippen molar-refractivity contribution in [3.63, 3.8) is 0 Å². The fourth-order valence-electron chi connectivity index (χ4n) is 2.41. The molecule has 0 saturated carbocycles. The van der Waals surface area contributed by atoms with Crippen LogP contribution in [0.2, 0.25) is 0 Å². The minimum absolute atomic E-state index is 0.250. The highest BCUT2D eigenvalue weighted by atomic mass is 16.5. The summed E-state index contributed by atoms with van der Waals surface area (Å²) in [7, 11) is 0.807. The molecule has 0 aromatic heterocycles. The van der Waals surface area contributed by atoms with Crippen molar-refractivity contribution in [2.45, 2.75) is 20.0 Å². The summed E-state index contributed by atoms with van der Waals surface area (Å²) in [4.78, 5) is 16.2. The number of aryl methyl sites for hydroxylation is 1. The van der Waals surface area contributed by atoms with Crippen LogP contribution in [-0.4, -0.2) is 25.4 Å². The molecule has 0 bridgehead atoms. The maximum Gasteiger partial charge on any atom is 0.491 e. The first-order chi connectivity index (χ1) is 11.6. The molecule has 1 N–H and O–H groups in total. The molecular formula is C17H17BO6. The van der Waals surface area contributed by atoms with E-state index in [1.807, 2.05) is 36.4 Å². The van der Waals surface area contributed by atoms with E-state index in [2.05, 4.69) is 6.92 Å². The highest BCUT2D eigenvalue weighted by Gasteiger charge is 2.27. The molecule has 1 aliphatic heterocycles. The lowest BCUT2D eigenvalue weighted by molar-refractivity contribution is -0.191. The molecule has 2 aromatic carbocycles. The monoisotopic (exact) mass is 328 g/mol. The van der Waals surface area contributed by atoms with Gasteiger partial charge in [0.2, 0.25) is 0 Å². The summed E-state index contributed by atoms with van der Waals surface area (Å²) in [5.41, 5.74) is 2.95. The Balaban J connectivity index is 0.000000647. The van der Waals surface area contributed by atoms with Crippen molar-refractivity contribution in [2.24, 2.45) is 0 Å². The zero-order valence-corrected chi connectivity index (χ0v) is 13.4. The van der Waals surface area contributed by atoms with Gasteiger partial charge in [0.25, 0.3) is 0 Å². The van der Waals surface area contributed by atoms with Crippen LogP contribution >= 0.6 is 0 Å². The van der Waals surface area contributed by atoms with Crippen LogP contribution in [0.5, 0.6) is 17.2 Å². The minimum Gasteiger partial charge on any atom is -0.493 e. The first kappa shape index (κ1) is 17.8. The van der Waals surface area contributed by atoms with E-state index in [-0.39, 0.29) is 6.15 Å². The van der Waals surface area contributed by atoms with E-state index >= 15 is 0 Å². The highest BCUT2D eigenvalue weighted by Crippen LogP contribution is 2.33. The molecule has 0 amide bonds. The Morgan fingerprint density at radius 2 is 1.96 bits per heavy atom. The van der Waals surface area contributed by atoms with Gasteiger partial charge < -0.3 is 19.2 Å². The van der Waals surface area contributed by atoms with Crippen LogP contribution in [0.4, 0.5) is 0 Å². The Morgan fingerprint density at radius 3 is 2.62 bits per heavy atom. The van der Waals surface area contributed by atoms with Crippen LogP contribution in [0.25, 0.3) is 0 Å². The van der Waals surface area contributed by atoms with Gasteiger partial charge in [0.05, 0.1) is 13.7 Å². The SMILES string of the molecule is CCc1ccc(Oc2ccc3c(c2)COB3O)c(OC)c1.O=C=O. The maximum atomic E-state index is 9.62. The number of benzene rings is 2. The van der Waals surface area contributed by atoms with Gasteiger partial charge in [-0.1, -0.05) is 19.1 Å². The van der Waals surface area contributed by atoms with E-state index < -0.39 is 7.12 Å². The molecule has 7 heteroatoms. The van der Waals surface area contributed by atoms with Crippen molar-refractivity contribution < 1.29 is 28.7 Å². The van der Waals surface area contributed by atoms with E-state index in [0.717, 1.165) is 17.4 Å². The lowest BCUT2D eigenvalue weighted by Gasteiger charge is -2.12. The van der Waals surface area contributed by atoms with Crippen LogP contribution in [0.3, 0.4) is 0 Å². The van der Waals surface area contributed by atoms with Gasteiger partial charge in [-0.15, -0.1) is 0 Å². The normalized spacial score (nSPS) is 11.9. The molecular weight excluding hydrogens is 311 g/mol. The Kier molecular flexibility index (Phi) is 6.15. The predicted octanol–water partition coefficient (Wildman–Crippen LogP) is 1.68. The summed E-state index contributed by atoms with van der Waals surface area (Å²) >= 11 is 0. The number of fused-ring (bicyclic) bond motifs is 1. The Morgan fingerprint density at radius 1 is 1.21 bits per heavy atom. The molecule has 1 heterocycles. The maximum absolute atomic E-state index is 9.62. The third-order valence-corrected chi connectivity index (χ3v) is 3.64. The summed E-state index contributed by atoms with van der Waals surface area (Å²) in [5.74, 6) is 2.09. The lowest BCUT2D eigenvalue weighted by Crippen LogP contribution is -2.27. The molecule has 3 rings (SSSR count). The van der Waals surface area contributed by atoms with Gasteiger partial charge >= 0.3 is 13.3 Å². The van der Waals surface area contributed by atoms with Gasteiger partial charge in [-0.05, 0) is 47.3 Å². The molecule has 124 valence electrons. The molecule has 0 unspecified atom stereocenters. The largest absolute Gasteiger partial charge is 0.493 e. The van der Waals surface area contributed by atoms with E-state index in [4.69, 9.17) is 23.7 Å². The van der Waals surface area contributed by atoms with E-state index in [1.54, 1.807) is 7.11 Å². The van der Waals surface area contributed by atoms with Gasteiger partial charge in [0.1, 0.15) is 5.75 Å². The number of methoxy groups -OCH3 is 1. The molecule has 6 nitrogen and oxygen atoms in total. The Labute approximate surface area is 140 Å². The molecule has 0 radical (unpaired) electrons. The fraction of sp³-hybridized carbons (Fsp3) is 0.235. The predicted molar refractivity (Wildman–Crippen MR) is 86.3 cm³/mol. The van der Waals surface area contributed by atoms with Crippen molar-refractivity contribution >= 4 is 18.7 Å². The summed E-state index contributed by atoms with van der Waals surface area (Å²) in [6.07, 6.45) is 1.20. The standard InChI is InChI=1S/C16H17BO4.CO2/c1-3-11-4-7-15(16(8-11)19-2)21-13-5-6-14-12(9-13)10-20-17(14)18;2-1-3/h4-9,18H,3,10H2,1-2H3;. The summed E-state index contributed by atoms with van der Waals surface area (Å²) in [5, 5.41) is 9.62. The lowest BCUT2D eigenvalue weighted by atomic mass is 9.80. The third-order valence-electron chi connectivity index (χ3n) is 3.64. The van der Waals surface area contributed by atoms with Crippen molar-refractivity contribution in [1.29, 1.82) is 0 Å². The molecule has 0 fully saturated rings. The number of ether oxygens (including phenoxy) is 2. The topological polar surface area (TPSA) is 82.1 Å². The molecule has 0 saturated heterocycles. The average molecular weight is 328 g/mol. The second-order valence-corrected chi connectivity index (χ2v) is 5.05. The quantitative estimate of drug-likeness (QED) is 0.860. The smallest absolute Gasteiger partial charge is 0.491 e. The second-order valence-electron chi connectivity index (χ2n) is 5.05. The molecule has 0 spiro atoms. The Bertz CT molecular complexity index is 740. The van der Waals surface area contributed by atoms with Crippen molar-refractivity contribution in [2.75, 3.05) is 7.11 Å².